The summed E-state index contributed by atoms with van der Waals surface area (Å²) in [7, 11) is 1.55. The van der Waals surface area contributed by atoms with Gasteiger partial charge in [-0.15, -0.1) is 0 Å². The zero-order valence-corrected chi connectivity index (χ0v) is 20.3. The molecule has 3 N–H and O–H groups in total. The third kappa shape index (κ3) is 6.04. The van der Waals surface area contributed by atoms with Crippen molar-refractivity contribution in [1.29, 1.82) is 0 Å². The number of ether oxygens (including phenoxy) is 1. The predicted molar refractivity (Wildman–Crippen MR) is 130 cm³/mol. The zero-order valence-electron chi connectivity index (χ0n) is 20.3. The maximum Gasteiger partial charge on any atom is 0.321 e. The van der Waals surface area contributed by atoms with Gasteiger partial charge in [-0.25, -0.2) is 4.79 Å². The van der Waals surface area contributed by atoms with Crippen LogP contribution in [0.15, 0.2) is 24.3 Å². The third-order valence-corrected chi connectivity index (χ3v) is 7.13. The number of benzene rings is 1. The number of hydrogen-bond donors (Lipinski definition) is 3. The average molecular weight is 486 g/mol. The maximum atomic E-state index is 13.4. The number of piperidine rings is 1. The summed E-state index contributed by atoms with van der Waals surface area (Å²) in [4.78, 5) is 55.2. The lowest BCUT2D eigenvalue weighted by Crippen LogP contribution is -2.64. The predicted octanol–water partition coefficient (Wildman–Crippen LogP) is 1.72. The quantitative estimate of drug-likeness (QED) is 0.587. The number of nitrogens with zero attached hydrogens (tertiary/aromatic N) is 2. The van der Waals surface area contributed by atoms with Gasteiger partial charge in [-0.1, -0.05) is 25.3 Å². The van der Waals surface area contributed by atoms with Crippen molar-refractivity contribution in [2.75, 3.05) is 38.6 Å². The van der Waals surface area contributed by atoms with E-state index in [2.05, 4.69) is 16.0 Å². The molecule has 2 heterocycles. The van der Waals surface area contributed by atoms with E-state index >= 15 is 0 Å². The van der Waals surface area contributed by atoms with Crippen LogP contribution in [0.4, 0.5) is 10.5 Å². The fourth-order valence-corrected chi connectivity index (χ4v) is 5.12. The monoisotopic (exact) mass is 485 g/mol. The van der Waals surface area contributed by atoms with Crippen molar-refractivity contribution in [3.05, 3.63) is 24.3 Å². The minimum atomic E-state index is -0.844. The molecule has 0 spiro atoms. The highest BCUT2D eigenvalue weighted by Gasteiger charge is 2.40. The molecule has 1 aliphatic carbocycles. The molecule has 1 aromatic rings. The van der Waals surface area contributed by atoms with Crippen LogP contribution in [0.25, 0.3) is 0 Å². The number of nitrogens with one attached hydrogen (secondary N) is 3. The highest BCUT2D eigenvalue weighted by atomic mass is 16.5. The van der Waals surface area contributed by atoms with Gasteiger partial charge in [0.2, 0.25) is 17.7 Å². The number of anilines is 1. The number of hydrogen-bond acceptors (Lipinski definition) is 5. The minimum absolute atomic E-state index is 0.0224. The lowest BCUT2D eigenvalue weighted by molar-refractivity contribution is -0.147. The Morgan fingerprint density at radius 2 is 1.86 bits per heavy atom. The van der Waals surface area contributed by atoms with Gasteiger partial charge < -0.3 is 30.5 Å². The highest BCUT2D eigenvalue weighted by Crippen LogP contribution is 2.27. The Balaban J connectivity index is 1.48. The Bertz CT molecular complexity index is 948. The van der Waals surface area contributed by atoms with E-state index in [0.29, 0.717) is 30.9 Å². The van der Waals surface area contributed by atoms with Gasteiger partial charge in [0.1, 0.15) is 17.8 Å². The number of piperazine rings is 1. The first-order valence-electron chi connectivity index (χ1n) is 12.5. The van der Waals surface area contributed by atoms with Gasteiger partial charge in [-0.3, -0.25) is 14.4 Å². The largest absolute Gasteiger partial charge is 0.497 e. The molecule has 1 aromatic carbocycles. The van der Waals surface area contributed by atoms with Crippen molar-refractivity contribution in [1.82, 2.24) is 20.4 Å². The SMILES string of the molecule is COc1cccc(NC(=O)N2CCN(C(=O)C3CCCCC3)[C@@H](C(=O)N[C@H]3CCCNC3=O)C2)c1. The van der Waals surface area contributed by atoms with Crippen LogP contribution in [-0.4, -0.2) is 78.9 Å². The number of carbonyl (C=O) groups is 4. The Morgan fingerprint density at radius 3 is 2.60 bits per heavy atom. The molecule has 0 bridgehead atoms. The second-order valence-corrected chi connectivity index (χ2v) is 9.48. The number of urea groups is 1. The molecule has 2 atom stereocenters. The van der Waals surface area contributed by atoms with Crippen LogP contribution in [0.3, 0.4) is 0 Å². The van der Waals surface area contributed by atoms with Crippen molar-refractivity contribution in [2.24, 2.45) is 5.92 Å². The van der Waals surface area contributed by atoms with E-state index in [4.69, 9.17) is 4.74 Å². The van der Waals surface area contributed by atoms with Crippen molar-refractivity contribution in [2.45, 2.75) is 57.0 Å². The Labute approximate surface area is 205 Å². The molecule has 0 unspecified atom stereocenters. The smallest absolute Gasteiger partial charge is 0.321 e. The number of amides is 5. The van der Waals surface area contributed by atoms with Crippen LogP contribution >= 0.6 is 0 Å². The van der Waals surface area contributed by atoms with E-state index in [1.807, 2.05) is 0 Å². The van der Waals surface area contributed by atoms with Crippen LogP contribution in [0.2, 0.25) is 0 Å². The second kappa shape index (κ2) is 11.4. The molecule has 4 rings (SSSR count). The van der Waals surface area contributed by atoms with Crippen LogP contribution < -0.4 is 20.7 Å². The summed E-state index contributed by atoms with van der Waals surface area (Å²) in [6.07, 6.45) is 6.14. The zero-order chi connectivity index (χ0) is 24.8. The summed E-state index contributed by atoms with van der Waals surface area (Å²) >= 11 is 0. The van der Waals surface area contributed by atoms with Gasteiger partial charge in [0.05, 0.1) is 13.7 Å². The van der Waals surface area contributed by atoms with E-state index in [1.54, 1.807) is 41.2 Å². The van der Waals surface area contributed by atoms with Crippen molar-refractivity contribution >= 4 is 29.4 Å². The molecule has 3 fully saturated rings. The average Bonchev–Trinajstić information content (AvgIpc) is 2.89. The molecule has 2 aliphatic heterocycles. The molecule has 5 amide bonds. The number of rotatable bonds is 5. The first-order chi connectivity index (χ1) is 17.0. The van der Waals surface area contributed by atoms with Gasteiger partial charge in [-0.05, 0) is 37.8 Å². The first-order valence-corrected chi connectivity index (χ1v) is 12.5. The molecule has 0 aromatic heterocycles. The molecule has 2 saturated heterocycles. The van der Waals surface area contributed by atoms with Gasteiger partial charge in [0, 0.05) is 37.3 Å². The highest BCUT2D eigenvalue weighted by molar-refractivity contribution is 5.95. The molecular weight excluding hydrogens is 450 g/mol. The summed E-state index contributed by atoms with van der Waals surface area (Å²) in [5.74, 6) is -0.0954. The van der Waals surface area contributed by atoms with Crippen LogP contribution in [0.5, 0.6) is 5.75 Å². The van der Waals surface area contributed by atoms with Crippen molar-refractivity contribution < 1.29 is 23.9 Å². The number of methoxy groups -OCH3 is 1. The Hall–Kier alpha value is -3.30. The lowest BCUT2D eigenvalue weighted by atomic mass is 9.87. The Kier molecular flexibility index (Phi) is 8.09. The maximum absolute atomic E-state index is 13.4. The molecule has 0 radical (unpaired) electrons. The van der Waals surface area contributed by atoms with E-state index in [1.165, 1.54) is 0 Å². The third-order valence-electron chi connectivity index (χ3n) is 7.13. The number of carbonyl (C=O) groups excluding carboxylic acids is 4. The summed E-state index contributed by atoms with van der Waals surface area (Å²) in [6, 6.07) is 5.22. The summed E-state index contributed by atoms with van der Waals surface area (Å²) in [5, 5.41) is 8.45. The molecule has 1 saturated carbocycles. The van der Waals surface area contributed by atoms with E-state index < -0.39 is 18.0 Å². The lowest BCUT2D eigenvalue weighted by Gasteiger charge is -2.42. The molecule has 35 heavy (non-hydrogen) atoms. The van der Waals surface area contributed by atoms with E-state index in [9.17, 15) is 19.2 Å². The topological polar surface area (TPSA) is 120 Å². The molecule has 3 aliphatic rings. The standard InChI is InChI=1S/C25H35N5O5/c1-35-19-10-5-9-18(15-19)27-25(34)29-13-14-30(24(33)17-7-3-2-4-8-17)21(16-29)23(32)28-20-11-6-12-26-22(20)31/h5,9-10,15,17,20-21H,2-4,6-8,11-14,16H2,1H3,(H,26,31)(H,27,34)(H,28,32)/t20-,21+/m0/s1. The minimum Gasteiger partial charge on any atom is -0.497 e. The van der Waals surface area contributed by atoms with Gasteiger partial charge >= 0.3 is 6.03 Å². The summed E-state index contributed by atoms with van der Waals surface area (Å²) in [5.41, 5.74) is 0.579. The van der Waals surface area contributed by atoms with Crippen LogP contribution in [-0.2, 0) is 14.4 Å². The fraction of sp³-hybridized carbons (Fsp3) is 0.600. The normalized spacial score (nSPS) is 23.3. The fourth-order valence-electron chi connectivity index (χ4n) is 5.12. The van der Waals surface area contributed by atoms with Crippen molar-refractivity contribution in [3.63, 3.8) is 0 Å². The van der Waals surface area contributed by atoms with Crippen LogP contribution in [0, 0.1) is 5.92 Å². The second-order valence-electron chi connectivity index (χ2n) is 9.48. The van der Waals surface area contributed by atoms with E-state index in [0.717, 1.165) is 38.5 Å². The summed E-state index contributed by atoms with van der Waals surface area (Å²) < 4.78 is 5.21. The van der Waals surface area contributed by atoms with E-state index in [-0.39, 0.29) is 36.9 Å². The first kappa shape index (κ1) is 24.8. The van der Waals surface area contributed by atoms with Gasteiger partial charge in [0.15, 0.2) is 0 Å². The molecular formula is C25H35N5O5. The molecule has 10 nitrogen and oxygen atoms in total. The summed E-state index contributed by atoms with van der Waals surface area (Å²) in [6.45, 7) is 1.26. The van der Waals surface area contributed by atoms with Crippen LogP contribution in [0.1, 0.15) is 44.9 Å². The Morgan fingerprint density at radius 1 is 1.06 bits per heavy atom. The van der Waals surface area contributed by atoms with Crippen molar-refractivity contribution in [3.8, 4) is 5.75 Å². The van der Waals surface area contributed by atoms with Gasteiger partial charge in [0.25, 0.3) is 0 Å². The molecule has 190 valence electrons. The molecule has 10 heteroatoms. The van der Waals surface area contributed by atoms with Gasteiger partial charge in [-0.2, -0.15) is 0 Å².